The van der Waals surface area contributed by atoms with Gasteiger partial charge in [0.15, 0.2) is 5.82 Å². The number of nitrogens with zero attached hydrogens (tertiary/aromatic N) is 1. The third kappa shape index (κ3) is 5.09. The molecule has 0 saturated carbocycles. The van der Waals surface area contributed by atoms with Gasteiger partial charge >= 0.3 is 6.18 Å². The number of carbonyl (C=O) groups is 1. The lowest BCUT2D eigenvalue weighted by Gasteiger charge is -2.18. The quantitative estimate of drug-likeness (QED) is 0.241. The molecule has 0 saturated heterocycles. The average Bonchev–Trinajstić information content (AvgIpc) is 3.08. The largest absolute Gasteiger partial charge is 0.399 e. The molecule has 1 aliphatic heterocycles. The molecular weight excluding hydrogens is 513 g/mol. The molecule has 3 aromatic rings. The molecule has 3 aromatic carbocycles. The summed E-state index contributed by atoms with van der Waals surface area (Å²) in [7, 11) is 0. The second-order valence-corrected chi connectivity index (χ2v) is 9.07. The lowest BCUT2D eigenvalue weighted by Crippen LogP contribution is -2.23. The van der Waals surface area contributed by atoms with E-state index >= 15 is 0 Å². The maximum absolute atomic E-state index is 13.7. The smallest absolute Gasteiger partial charge is 0.330 e. The van der Waals surface area contributed by atoms with Gasteiger partial charge in [-0.25, -0.2) is 4.39 Å². The van der Waals surface area contributed by atoms with Crippen LogP contribution in [0.1, 0.15) is 38.5 Å². The highest BCUT2D eigenvalue weighted by Gasteiger charge is 2.39. The Balaban J connectivity index is 1.54. The summed E-state index contributed by atoms with van der Waals surface area (Å²) in [6.07, 6.45) is -2.45. The third-order valence-electron chi connectivity index (χ3n) is 5.53. The minimum atomic E-state index is -4.66. The molecule has 1 aliphatic rings. The van der Waals surface area contributed by atoms with Crippen LogP contribution in [0.2, 0.25) is 15.1 Å². The predicted octanol–water partition coefficient (Wildman–Crippen LogP) is 8.30. The van der Waals surface area contributed by atoms with Gasteiger partial charge in [0, 0.05) is 23.7 Å². The highest BCUT2D eigenvalue weighted by molar-refractivity contribution is 6.35. The number of rotatable bonds is 5. The predicted molar refractivity (Wildman–Crippen MR) is 126 cm³/mol. The zero-order valence-electron chi connectivity index (χ0n) is 17.3. The molecule has 1 atom stereocenters. The minimum Gasteiger partial charge on any atom is -0.330 e. The molecule has 0 spiro atoms. The van der Waals surface area contributed by atoms with Crippen LogP contribution in [0.5, 0.6) is 0 Å². The van der Waals surface area contributed by atoms with Crippen LogP contribution in [0.3, 0.4) is 0 Å². The summed E-state index contributed by atoms with van der Waals surface area (Å²) in [5.74, 6) is -3.12. The maximum atomic E-state index is 13.7. The molecule has 34 heavy (non-hydrogen) atoms. The SMILES string of the molecule is O=C1c2ccccc2CN1Cc1ccc(/C=C/C(c2cc(Cl)c(F)c(Cl)c2)C(F)(F)F)cc1Cl. The molecule has 0 aromatic heterocycles. The summed E-state index contributed by atoms with van der Waals surface area (Å²) in [6.45, 7) is 0.733. The van der Waals surface area contributed by atoms with Crippen molar-refractivity contribution in [3.8, 4) is 0 Å². The summed E-state index contributed by atoms with van der Waals surface area (Å²) in [5.41, 5.74) is 2.40. The number of hydrogen-bond acceptors (Lipinski definition) is 1. The number of alkyl halides is 3. The monoisotopic (exact) mass is 527 g/mol. The van der Waals surface area contributed by atoms with E-state index in [1.54, 1.807) is 29.2 Å². The number of fused-ring (bicyclic) bond motifs is 1. The summed E-state index contributed by atoms with van der Waals surface area (Å²) in [4.78, 5) is 14.2. The first-order chi connectivity index (χ1) is 16.0. The van der Waals surface area contributed by atoms with E-state index in [1.807, 2.05) is 12.1 Å². The Kier molecular flexibility index (Phi) is 6.94. The summed E-state index contributed by atoms with van der Waals surface area (Å²) >= 11 is 17.7. The van der Waals surface area contributed by atoms with Crippen LogP contribution in [0.15, 0.2) is 60.7 Å². The van der Waals surface area contributed by atoms with Crippen molar-refractivity contribution >= 4 is 46.8 Å². The molecule has 1 heterocycles. The molecule has 176 valence electrons. The molecule has 0 bridgehead atoms. The number of allylic oxidation sites excluding steroid dienone is 1. The molecule has 0 radical (unpaired) electrons. The van der Waals surface area contributed by atoms with E-state index in [-0.39, 0.29) is 18.0 Å². The zero-order chi connectivity index (χ0) is 24.6. The normalized spacial score (nSPS) is 14.7. The maximum Gasteiger partial charge on any atom is 0.399 e. The topological polar surface area (TPSA) is 20.3 Å². The van der Waals surface area contributed by atoms with E-state index in [0.717, 1.165) is 23.8 Å². The number of carbonyl (C=O) groups excluding carboxylic acids is 1. The standard InChI is InChI=1S/C25H16Cl3F4NO/c26-20-9-14(5-7-16(20)13-33-12-15-3-1-2-4-18(15)24(33)34)6-8-19(25(30,31)32)17-10-21(27)23(29)22(28)11-17/h1-11,19H,12-13H2/b8-6+. The zero-order valence-corrected chi connectivity index (χ0v) is 19.6. The second kappa shape index (κ2) is 9.61. The van der Waals surface area contributed by atoms with Crippen LogP contribution in [-0.4, -0.2) is 17.0 Å². The van der Waals surface area contributed by atoms with Gasteiger partial charge in [-0.05, 0) is 46.5 Å². The van der Waals surface area contributed by atoms with Gasteiger partial charge in [-0.15, -0.1) is 0 Å². The van der Waals surface area contributed by atoms with Crippen molar-refractivity contribution in [3.63, 3.8) is 0 Å². The summed E-state index contributed by atoms with van der Waals surface area (Å²) < 4.78 is 54.7. The number of halogens is 7. The van der Waals surface area contributed by atoms with Gasteiger partial charge in [0.25, 0.3) is 5.91 Å². The van der Waals surface area contributed by atoms with Crippen molar-refractivity contribution in [3.05, 3.63) is 109 Å². The van der Waals surface area contributed by atoms with Crippen molar-refractivity contribution in [2.45, 2.75) is 25.2 Å². The van der Waals surface area contributed by atoms with E-state index in [0.29, 0.717) is 28.3 Å². The minimum absolute atomic E-state index is 0.0970. The Labute approximate surface area is 208 Å². The van der Waals surface area contributed by atoms with Gasteiger partial charge in [0.1, 0.15) is 0 Å². The van der Waals surface area contributed by atoms with Crippen LogP contribution < -0.4 is 0 Å². The number of hydrogen-bond donors (Lipinski definition) is 0. The molecule has 4 rings (SSSR count). The van der Waals surface area contributed by atoms with E-state index in [2.05, 4.69) is 0 Å². The van der Waals surface area contributed by atoms with E-state index in [4.69, 9.17) is 34.8 Å². The fourth-order valence-electron chi connectivity index (χ4n) is 3.81. The van der Waals surface area contributed by atoms with Gasteiger partial charge < -0.3 is 4.90 Å². The number of amides is 1. The Morgan fingerprint density at radius 2 is 1.65 bits per heavy atom. The molecular formula is C25H16Cl3F4NO. The van der Waals surface area contributed by atoms with Gasteiger partial charge in [-0.2, -0.15) is 13.2 Å². The average molecular weight is 529 g/mol. The Hall–Kier alpha value is -2.54. The molecule has 1 amide bonds. The van der Waals surface area contributed by atoms with Gasteiger partial charge in [0.05, 0.1) is 16.0 Å². The van der Waals surface area contributed by atoms with E-state index in [9.17, 15) is 22.4 Å². The van der Waals surface area contributed by atoms with Crippen molar-refractivity contribution < 1.29 is 22.4 Å². The molecule has 9 heteroatoms. The first kappa shape index (κ1) is 24.6. The lowest BCUT2D eigenvalue weighted by molar-refractivity contribution is -0.139. The van der Waals surface area contributed by atoms with Gasteiger partial charge in [-0.3, -0.25) is 4.79 Å². The van der Waals surface area contributed by atoms with Crippen LogP contribution in [0.4, 0.5) is 17.6 Å². The number of benzene rings is 3. The van der Waals surface area contributed by atoms with Crippen molar-refractivity contribution in [2.24, 2.45) is 0 Å². The third-order valence-corrected chi connectivity index (χ3v) is 6.44. The van der Waals surface area contributed by atoms with E-state index in [1.165, 1.54) is 12.1 Å². The Bertz CT molecular complexity index is 1270. The Morgan fingerprint density at radius 3 is 2.26 bits per heavy atom. The summed E-state index contributed by atoms with van der Waals surface area (Å²) in [5, 5.41) is -0.658. The fourth-order valence-corrected chi connectivity index (χ4v) is 4.57. The molecule has 1 unspecified atom stereocenters. The van der Waals surface area contributed by atoms with E-state index < -0.39 is 28.0 Å². The fraction of sp³-hybridized carbons (Fsp3) is 0.160. The van der Waals surface area contributed by atoms with Gasteiger partial charge in [0.2, 0.25) is 0 Å². The lowest BCUT2D eigenvalue weighted by atomic mass is 9.96. The molecule has 0 fully saturated rings. The molecule has 0 aliphatic carbocycles. The summed E-state index contributed by atoms with van der Waals surface area (Å²) in [6, 6.07) is 14.0. The molecule has 2 nitrogen and oxygen atoms in total. The van der Waals surface area contributed by atoms with Crippen LogP contribution in [0, 0.1) is 5.82 Å². The Morgan fingerprint density at radius 1 is 0.971 bits per heavy atom. The highest BCUT2D eigenvalue weighted by atomic mass is 35.5. The highest BCUT2D eigenvalue weighted by Crippen LogP contribution is 2.39. The van der Waals surface area contributed by atoms with Crippen molar-refractivity contribution in [2.75, 3.05) is 0 Å². The molecule has 0 N–H and O–H groups in total. The van der Waals surface area contributed by atoms with Crippen LogP contribution in [-0.2, 0) is 13.1 Å². The van der Waals surface area contributed by atoms with Gasteiger partial charge in [-0.1, -0.05) is 77.3 Å². The first-order valence-electron chi connectivity index (χ1n) is 10.1. The first-order valence-corrected chi connectivity index (χ1v) is 11.2. The van der Waals surface area contributed by atoms with Crippen molar-refractivity contribution in [1.82, 2.24) is 4.90 Å². The van der Waals surface area contributed by atoms with Crippen molar-refractivity contribution in [1.29, 1.82) is 0 Å². The van der Waals surface area contributed by atoms with Crippen LogP contribution in [0.25, 0.3) is 6.08 Å². The second-order valence-electron chi connectivity index (χ2n) is 7.85. The van der Waals surface area contributed by atoms with Crippen LogP contribution >= 0.6 is 34.8 Å².